The average molecular weight is 358 g/mol. The van der Waals surface area contributed by atoms with E-state index in [1.54, 1.807) is 0 Å². The van der Waals surface area contributed by atoms with Gasteiger partial charge in [0.1, 0.15) is 6.61 Å². The van der Waals surface area contributed by atoms with Crippen LogP contribution in [0.5, 0.6) is 0 Å². The summed E-state index contributed by atoms with van der Waals surface area (Å²) in [7, 11) is 0. The van der Waals surface area contributed by atoms with Crippen molar-refractivity contribution >= 4 is 10.9 Å². The Bertz CT molecular complexity index is 1210. The Morgan fingerprint density at radius 2 is 2.07 bits per heavy atom. The third kappa shape index (κ3) is 1.98. The smallest absolute Gasteiger partial charge is 0.258 e. The van der Waals surface area contributed by atoms with Crippen LogP contribution in [0.15, 0.2) is 47.5 Å². The molecule has 0 bridgehead atoms. The topological polar surface area (TPSA) is 44.1 Å². The normalized spacial score (nSPS) is 20.2. The van der Waals surface area contributed by atoms with Crippen LogP contribution < -0.4 is 5.56 Å². The first-order valence-corrected chi connectivity index (χ1v) is 9.43. The number of fused-ring (bicyclic) bond motifs is 5. The maximum Gasteiger partial charge on any atom is 0.258 e. The molecule has 0 amide bonds. The lowest BCUT2D eigenvalue weighted by Gasteiger charge is -2.37. The molecule has 1 atom stereocenters. The predicted octanol–water partition coefficient (Wildman–Crippen LogP) is 4.45. The number of allylic oxidation sites excluding steroid dienone is 1. The lowest BCUT2D eigenvalue weighted by atomic mass is 9.75. The van der Waals surface area contributed by atoms with Crippen LogP contribution in [-0.4, -0.2) is 9.55 Å². The van der Waals surface area contributed by atoms with Crippen LogP contribution in [0.1, 0.15) is 42.5 Å². The van der Waals surface area contributed by atoms with Crippen LogP contribution >= 0.6 is 0 Å². The zero-order valence-corrected chi connectivity index (χ0v) is 15.9. The number of rotatable bonds is 1. The highest BCUT2D eigenvalue weighted by molar-refractivity contribution is 5.87. The number of para-hydroxylation sites is 1. The van der Waals surface area contributed by atoms with Crippen LogP contribution in [0.3, 0.4) is 0 Å². The van der Waals surface area contributed by atoms with Crippen molar-refractivity contribution in [3.63, 3.8) is 0 Å². The molecule has 1 aromatic carbocycles. The number of benzene rings is 1. The molecule has 4 nitrogen and oxygen atoms in total. The van der Waals surface area contributed by atoms with Crippen molar-refractivity contribution < 1.29 is 4.74 Å². The number of hydrogen-bond acceptors (Lipinski definition) is 3. The molecule has 0 fully saturated rings. The number of nitrogens with zero attached hydrogens (tertiary/aromatic N) is 2. The van der Waals surface area contributed by atoms with Crippen LogP contribution in [0.2, 0.25) is 0 Å². The van der Waals surface area contributed by atoms with Gasteiger partial charge in [0.15, 0.2) is 0 Å². The highest BCUT2D eigenvalue weighted by Crippen LogP contribution is 2.43. The van der Waals surface area contributed by atoms with E-state index in [0.717, 1.165) is 51.2 Å². The van der Waals surface area contributed by atoms with Gasteiger partial charge in [-0.1, -0.05) is 31.7 Å². The highest BCUT2D eigenvalue weighted by atomic mass is 16.5. The van der Waals surface area contributed by atoms with Crippen LogP contribution in [0.25, 0.3) is 22.3 Å². The minimum absolute atomic E-state index is 0.0381. The summed E-state index contributed by atoms with van der Waals surface area (Å²) in [4.78, 5) is 18.2. The third-order valence-corrected chi connectivity index (χ3v) is 6.55. The van der Waals surface area contributed by atoms with Crippen molar-refractivity contribution in [2.24, 2.45) is 0 Å². The molecule has 0 saturated heterocycles. The summed E-state index contributed by atoms with van der Waals surface area (Å²) in [5.41, 5.74) is 6.65. The Morgan fingerprint density at radius 3 is 2.85 bits per heavy atom. The SMILES string of the molecule is C=C1OCc2c(cc3n(c2=O)Cc2c-3nc3ccccc3c2C)C1(C)CC. The molecule has 1 unspecified atom stereocenters. The Morgan fingerprint density at radius 1 is 1.30 bits per heavy atom. The molecule has 3 aromatic rings. The van der Waals surface area contributed by atoms with Gasteiger partial charge in [0, 0.05) is 16.4 Å². The molecule has 0 aliphatic carbocycles. The van der Waals surface area contributed by atoms with Gasteiger partial charge in [-0.05, 0) is 43.5 Å². The molecule has 5 rings (SSSR count). The fourth-order valence-corrected chi connectivity index (χ4v) is 4.51. The first-order valence-electron chi connectivity index (χ1n) is 9.43. The fraction of sp³-hybridized carbons (Fsp3) is 0.304. The molecule has 0 radical (unpaired) electrons. The number of pyridine rings is 2. The average Bonchev–Trinajstić information content (AvgIpc) is 3.05. The minimum atomic E-state index is -0.350. The first kappa shape index (κ1) is 16.3. The van der Waals surface area contributed by atoms with E-state index in [1.807, 2.05) is 22.8 Å². The van der Waals surface area contributed by atoms with Crippen molar-refractivity contribution in [3.05, 3.63) is 75.3 Å². The van der Waals surface area contributed by atoms with Gasteiger partial charge in [0.05, 0.1) is 34.8 Å². The zero-order valence-electron chi connectivity index (χ0n) is 15.9. The summed E-state index contributed by atoms with van der Waals surface area (Å²) in [6.07, 6.45) is 0.832. The lowest BCUT2D eigenvalue weighted by molar-refractivity contribution is 0.132. The van der Waals surface area contributed by atoms with Crippen LogP contribution in [0.4, 0.5) is 0 Å². The van der Waals surface area contributed by atoms with E-state index >= 15 is 0 Å². The van der Waals surface area contributed by atoms with Gasteiger partial charge in [-0.2, -0.15) is 0 Å². The van der Waals surface area contributed by atoms with Crippen molar-refractivity contribution in [3.8, 4) is 11.4 Å². The van der Waals surface area contributed by atoms with Gasteiger partial charge in [0.25, 0.3) is 5.56 Å². The molecule has 27 heavy (non-hydrogen) atoms. The molecule has 2 aliphatic heterocycles. The lowest BCUT2D eigenvalue weighted by Crippen LogP contribution is -2.37. The van der Waals surface area contributed by atoms with Crippen LogP contribution in [-0.2, 0) is 23.3 Å². The molecular weight excluding hydrogens is 336 g/mol. The third-order valence-electron chi connectivity index (χ3n) is 6.55. The summed E-state index contributed by atoms with van der Waals surface area (Å²) in [6.45, 7) is 11.3. The number of hydrogen-bond donors (Lipinski definition) is 0. The minimum Gasteiger partial charge on any atom is -0.493 e. The summed E-state index contributed by atoms with van der Waals surface area (Å²) >= 11 is 0. The van der Waals surface area contributed by atoms with Crippen molar-refractivity contribution in [1.82, 2.24) is 9.55 Å². The van der Waals surface area contributed by atoms with Crippen molar-refractivity contribution in [2.75, 3.05) is 0 Å². The molecule has 0 N–H and O–H groups in total. The Balaban J connectivity index is 1.84. The van der Waals surface area contributed by atoms with Crippen LogP contribution in [0, 0.1) is 6.92 Å². The van der Waals surface area contributed by atoms with E-state index in [0.29, 0.717) is 13.2 Å². The van der Waals surface area contributed by atoms with Crippen molar-refractivity contribution in [1.29, 1.82) is 0 Å². The number of aromatic nitrogens is 2. The van der Waals surface area contributed by atoms with Gasteiger partial charge >= 0.3 is 0 Å². The monoisotopic (exact) mass is 358 g/mol. The maximum atomic E-state index is 13.3. The number of aryl methyl sites for hydroxylation is 1. The summed E-state index contributed by atoms with van der Waals surface area (Å²) in [5.74, 6) is 0.739. The second-order valence-electron chi connectivity index (χ2n) is 7.79. The van der Waals surface area contributed by atoms with E-state index < -0.39 is 0 Å². The largest absolute Gasteiger partial charge is 0.493 e. The molecular formula is C23H22N2O2. The fourth-order valence-electron chi connectivity index (χ4n) is 4.51. The van der Waals surface area contributed by atoms with Gasteiger partial charge < -0.3 is 9.30 Å². The molecule has 136 valence electrons. The molecule has 0 spiro atoms. The van der Waals surface area contributed by atoms with Gasteiger partial charge in [-0.3, -0.25) is 4.79 Å². The summed E-state index contributed by atoms with van der Waals surface area (Å²) in [5, 5.41) is 1.15. The van der Waals surface area contributed by atoms with E-state index in [-0.39, 0.29) is 11.0 Å². The van der Waals surface area contributed by atoms with E-state index in [1.165, 1.54) is 5.56 Å². The Labute approximate surface area is 158 Å². The van der Waals surface area contributed by atoms with E-state index in [2.05, 4.69) is 39.5 Å². The second kappa shape index (κ2) is 5.32. The van der Waals surface area contributed by atoms with Gasteiger partial charge in [-0.25, -0.2) is 4.98 Å². The van der Waals surface area contributed by atoms with Gasteiger partial charge in [-0.15, -0.1) is 0 Å². The van der Waals surface area contributed by atoms with E-state index in [4.69, 9.17) is 9.72 Å². The van der Waals surface area contributed by atoms with E-state index in [9.17, 15) is 4.79 Å². The quantitative estimate of drug-likeness (QED) is 0.505. The van der Waals surface area contributed by atoms with Crippen molar-refractivity contribution in [2.45, 2.75) is 45.8 Å². The summed E-state index contributed by atoms with van der Waals surface area (Å²) in [6, 6.07) is 10.3. The number of ether oxygens (including phenoxy) is 1. The van der Waals surface area contributed by atoms with Gasteiger partial charge in [0.2, 0.25) is 0 Å². The second-order valence-corrected chi connectivity index (χ2v) is 7.79. The Hall–Kier alpha value is -2.88. The zero-order chi connectivity index (χ0) is 18.9. The molecule has 0 saturated carbocycles. The molecule has 4 heterocycles. The predicted molar refractivity (Wildman–Crippen MR) is 107 cm³/mol. The molecule has 4 heteroatoms. The molecule has 2 aromatic heterocycles. The molecule has 2 aliphatic rings. The highest BCUT2D eigenvalue weighted by Gasteiger charge is 2.39. The Kier molecular flexibility index (Phi) is 3.21. The summed E-state index contributed by atoms with van der Waals surface area (Å²) < 4.78 is 7.65. The standard InChI is InChI=1S/C23H22N2O2/c1-5-23(4)14(3)27-12-17-18(23)10-20-21-16(11-25(20)22(17)26)13(2)15-8-6-7-9-19(15)24-21/h6-10H,3,5,11-12H2,1-2,4H3. The first-order chi connectivity index (χ1) is 13.0. The maximum absolute atomic E-state index is 13.3.